The van der Waals surface area contributed by atoms with Gasteiger partial charge in [-0.05, 0) is 45.6 Å². The summed E-state index contributed by atoms with van der Waals surface area (Å²) in [6.07, 6.45) is 12.9. The van der Waals surface area contributed by atoms with Gasteiger partial charge in [0, 0.05) is 44.5 Å². The fourth-order valence-electron chi connectivity index (χ4n) is 4.37. The molecule has 1 saturated carbocycles. The molecule has 0 spiro atoms. The first-order valence-corrected chi connectivity index (χ1v) is 10.6. The maximum atomic E-state index is 8.36. The molecular weight excluding hydrogens is 386 g/mol. The van der Waals surface area contributed by atoms with Crippen LogP contribution in [0.2, 0.25) is 0 Å². The van der Waals surface area contributed by atoms with Crippen LogP contribution < -0.4 is 10.2 Å². The second-order valence-corrected chi connectivity index (χ2v) is 7.85. The number of anilines is 2. The zero-order valence-electron chi connectivity index (χ0n) is 18.5. The highest BCUT2D eigenvalue weighted by Crippen LogP contribution is 2.30. The van der Waals surface area contributed by atoms with Crippen molar-refractivity contribution in [1.82, 2.24) is 14.9 Å². The van der Waals surface area contributed by atoms with Gasteiger partial charge in [0.15, 0.2) is 0 Å². The van der Waals surface area contributed by atoms with Crippen LogP contribution in [0.1, 0.15) is 56.9 Å². The maximum Gasteiger partial charge on any atom is 0.290 e. The Bertz CT molecular complexity index is 617. The number of likely N-dealkylation sites (tertiary alicyclic amines) is 1. The highest BCUT2D eigenvalue weighted by atomic mass is 16.3. The third-order valence-corrected chi connectivity index (χ3v) is 5.60. The molecule has 1 atom stereocenters. The Labute approximate surface area is 179 Å². The molecule has 1 aromatic rings. The zero-order valence-corrected chi connectivity index (χ0v) is 18.5. The van der Waals surface area contributed by atoms with Gasteiger partial charge >= 0.3 is 0 Å². The second kappa shape index (κ2) is 14.5. The lowest BCUT2D eigenvalue weighted by molar-refractivity contribution is -0.123. The Hall–Kier alpha value is -2.42. The van der Waals surface area contributed by atoms with E-state index >= 15 is 0 Å². The third-order valence-electron chi connectivity index (χ3n) is 5.60. The number of rotatable bonds is 6. The first kappa shape index (κ1) is 25.6. The molecule has 3 N–H and O–H groups in total. The highest BCUT2D eigenvalue weighted by molar-refractivity contribution is 5.47. The Morgan fingerprint density at radius 1 is 1.13 bits per heavy atom. The summed E-state index contributed by atoms with van der Waals surface area (Å²) in [6.45, 7) is 3.82. The minimum Gasteiger partial charge on any atom is -0.483 e. The Morgan fingerprint density at radius 2 is 1.73 bits per heavy atom. The van der Waals surface area contributed by atoms with E-state index in [-0.39, 0.29) is 12.9 Å². The van der Waals surface area contributed by atoms with E-state index in [2.05, 4.69) is 27.1 Å². The second-order valence-electron chi connectivity index (χ2n) is 7.85. The number of aryl methyl sites for hydroxylation is 1. The minimum absolute atomic E-state index is 0.250. The molecule has 1 saturated heterocycles. The molecule has 9 heteroatoms. The van der Waals surface area contributed by atoms with Crippen molar-refractivity contribution in [2.75, 3.05) is 37.4 Å². The van der Waals surface area contributed by atoms with Crippen molar-refractivity contribution < 1.29 is 19.8 Å². The summed E-state index contributed by atoms with van der Waals surface area (Å²) in [4.78, 5) is 30.7. The Kier molecular flexibility index (Phi) is 12.4. The standard InChI is InChI=1S/C19H33N5.2CH2O2/c1-15-14-21-19(22-18(15)23(2)3)20-12-11-17-10-6-7-13-24(17)16-8-4-5-9-16;2*2-1-3/h14,16-17H,4-13H2,1-3H3,(H,20,21,22);2*1H,(H,2,3). The van der Waals surface area contributed by atoms with Crippen LogP contribution in [0, 0.1) is 6.92 Å². The zero-order chi connectivity index (χ0) is 22.4. The predicted molar refractivity (Wildman–Crippen MR) is 118 cm³/mol. The van der Waals surface area contributed by atoms with Gasteiger partial charge < -0.3 is 20.4 Å². The van der Waals surface area contributed by atoms with Crippen LogP contribution in [0.15, 0.2) is 6.20 Å². The quantitative estimate of drug-likeness (QED) is 0.593. The average Bonchev–Trinajstić information content (AvgIpc) is 3.25. The maximum absolute atomic E-state index is 8.36. The minimum atomic E-state index is -0.250. The smallest absolute Gasteiger partial charge is 0.290 e. The molecule has 2 fully saturated rings. The fourth-order valence-corrected chi connectivity index (χ4v) is 4.37. The van der Waals surface area contributed by atoms with Gasteiger partial charge in [0.05, 0.1) is 0 Å². The molecule has 2 heterocycles. The summed E-state index contributed by atoms with van der Waals surface area (Å²) in [6, 6.07) is 1.60. The molecule has 1 aliphatic carbocycles. The predicted octanol–water partition coefficient (Wildman–Crippen LogP) is 2.85. The molecule has 1 aliphatic heterocycles. The molecule has 0 amide bonds. The van der Waals surface area contributed by atoms with E-state index in [1.807, 2.05) is 25.2 Å². The molecule has 2 aliphatic rings. The van der Waals surface area contributed by atoms with Gasteiger partial charge in [0.25, 0.3) is 12.9 Å². The van der Waals surface area contributed by atoms with Crippen molar-refractivity contribution in [2.45, 2.75) is 70.4 Å². The number of nitrogens with zero attached hydrogens (tertiary/aromatic N) is 4. The molecule has 1 unspecified atom stereocenters. The van der Waals surface area contributed by atoms with Gasteiger partial charge in [-0.15, -0.1) is 0 Å². The lowest BCUT2D eigenvalue weighted by Crippen LogP contribution is -2.45. The SMILES string of the molecule is Cc1cnc(NCCC2CCCCN2C2CCCC2)nc1N(C)C.O=CO.O=CO. The molecule has 1 aromatic heterocycles. The van der Waals surface area contributed by atoms with Gasteiger partial charge in [0.1, 0.15) is 5.82 Å². The lowest BCUT2D eigenvalue weighted by Gasteiger charge is -2.40. The van der Waals surface area contributed by atoms with E-state index in [9.17, 15) is 0 Å². The van der Waals surface area contributed by atoms with Gasteiger partial charge in [-0.25, -0.2) is 4.98 Å². The molecule has 30 heavy (non-hydrogen) atoms. The number of piperidine rings is 1. The van der Waals surface area contributed by atoms with Gasteiger partial charge in [-0.2, -0.15) is 4.98 Å². The van der Waals surface area contributed by atoms with Crippen molar-refractivity contribution in [3.8, 4) is 0 Å². The van der Waals surface area contributed by atoms with Crippen molar-refractivity contribution in [3.63, 3.8) is 0 Å². The normalized spacial score (nSPS) is 19.0. The summed E-state index contributed by atoms with van der Waals surface area (Å²) in [5, 5.41) is 17.2. The lowest BCUT2D eigenvalue weighted by atomic mass is 9.96. The van der Waals surface area contributed by atoms with Gasteiger partial charge in [-0.1, -0.05) is 19.3 Å². The number of aromatic nitrogens is 2. The van der Waals surface area contributed by atoms with E-state index in [4.69, 9.17) is 19.8 Å². The number of nitrogens with one attached hydrogen (secondary N) is 1. The topological polar surface area (TPSA) is 119 Å². The largest absolute Gasteiger partial charge is 0.483 e. The monoisotopic (exact) mass is 423 g/mol. The molecule has 3 rings (SSSR count). The van der Waals surface area contributed by atoms with E-state index in [0.29, 0.717) is 0 Å². The molecule has 9 nitrogen and oxygen atoms in total. The summed E-state index contributed by atoms with van der Waals surface area (Å²) >= 11 is 0. The summed E-state index contributed by atoms with van der Waals surface area (Å²) in [7, 11) is 4.06. The number of hydrogen-bond donors (Lipinski definition) is 3. The number of carboxylic acid groups (broad SMARTS) is 2. The van der Waals surface area contributed by atoms with Gasteiger partial charge in [-0.3, -0.25) is 14.5 Å². The number of carbonyl (C=O) groups is 2. The summed E-state index contributed by atoms with van der Waals surface area (Å²) in [5.41, 5.74) is 1.12. The van der Waals surface area contributed by atoms with Crippen molar-refractivity contribution >= 4 is 24.7 Å². The summed E-state index contributed by atoms with van der Waals surface area (Å²) in [5.74, 6) is 1.75. The van der Waals surface area contributed by atoms with Crippen molar-refractivity contribution in [2.24, 2.45) is 0 Å². The van der Waals surface area contributed by atoms with E-state index in [1.165, 1.54) is 57.9 Å². The van der Waals surface area contributed by atoms with Crippen LogP contribution >= 0.6 is 0 Å². The Balaban J connectivity index is 0.000000672. The van der Waals surface area contributed by atoms with Crippen LogP contribution in [0.25, 0.3) is 0 Å². The van der Waals surface area contributed by atoms with E-state index in [0.717, 1.165) is 36.0 Å². The van der Waals surface area contributed by atoms with Crippen molar-refractivity contribution in [1.29, 1.82) is 0 Å². The van der Waals surface area contributed by atoms with Crippen molar-refractivity contribution in [3.05, 3.63) is 11.8 Å². The molecule has 0 radical (unpaired) electrons. The molecule has 170 valence electrons. The van der Waals surface area contributed by atoms with Crippen LogP contribution in [0.5, 0.6) is 0 Å². The highest BCUT2D eigenvalue weighted by Gasteiger charge is 2.30. The molecule has 0 aromatic carbocycles. The van der Waals surface area contributed by atoms with Gasteiger partial charge in [0.2, 0.25) is 5.95 Å². The van der Waals surface area contributed by atoms with E-state index < -0.39 is 0 Å². The van der Waals surface area contributed by atoms with Crippen LogP contribution in [0.4, 0.5) is 11.8 Å². The summed E-state index contributed by atoms with van der Waals surface area (Å²) < 4.78 is 0. The molecule has 0 bridgehead atoms. The van der Waals surface area contributed by atoms with Crippen LogP contribution in [-0.4, -0.2) is 77.3 Å². The fraction of sp³-hybridized carbons (Fsp3) is 0.714. The average molecular weight is 424 g/mol. The third kappa shape index (κ3) is 8.52. The molecular formula is C21H37N5O4. The van der Waals surface area contributed by atoms with Crippen LogP contribution in [-0.2, 0) is 9.59 Å². The Morgan fingerprint density at radius 3 is 2.33 bits per heavy atom. The van der Waals surface area contributed by atoms with E-state index in [1.54, 1.807) is 0 Å². The number of hydrogen-bond acceptors (Lipinski definition) is 7. The first-order valence-electron chi connectivity index (χ1n) is 10.6. The first-order chi connectivity index (χ1) is 14.5. The van der Waals surface area contributed by atoms with Crippen LogP contribution in [0.3, 0.4) is 0 Å².